The Bertz CT molecular complexity index is 5080. The number of aromatic amines is 3. The summed E-state index contributed by atoms with van der Waals surface area (Å²) in [4.78, 5) is 76.1. The Kier molecular flexibility index (Phi) is 16.3. The summed E-state index contributed by atoms with van der Waals surface area (Å²) in [5.41, 5.74) is 35.4. The molecule has 3 aliphatic rings. The van der Waals surface area contributed by atoms with Crippen molar-refractivity contribution < 1.29 is 34.1 Å². The Morgan fingerprint density at radius 3 is 1.33 bits per heavy atom. The van der Waals surface area contributed by atoms with E-state index in [-0.39, 0.29) is 41.5 Å². The number of nitrogens with two attached hydrogens (primary N) is 4. The number of nitrogens with one attached hydrogen (secondary N) is 4. The molecular formula is C67H70N22O7. The van der Waals surface area contributed by atoms with Crippen LogP contribution in [0.5, 0.6) is 17.2 Å². The fourth-order valence-corrected chi connectivity index (χ4v) is 13.8. The van der Waals surface area contributed by atoms with Gasteiger partial charge in [-0.05, 0) is 99.4 Å². The number of H-pyrrole nitrogens is 3. The van der Waals surface area contributed by atoms with Crippen LogP contribution in [0.2, 0.25) is 0 Å². The van der Waals surface area contributed by atoms with Crippen LogP contribution in [-0.4, -0.2) is 159 Å². The average Bonchev–Trinajstić information content (AvgIpc) is 1.61. The monoisotopic (exact) mass is 1290 g/mol. The first kappa shape index (κ1) is 61.5. The van der Waals surface area contributed by atoms with E-state index in [9.17, 15) is 24.6 Å². The number of nitrogen functional groups attached to an aromatic ring is 3. The number of urea groups is 2. The number of rotatable bonds is 10. The third-order valence-electron chi connectivity index (χ3n) is 18.7. The molecular weight excluding hydrogens is 1220 g/mol. The third kappa shape index (κ3) is 11.3. The van der Waals surface area contributed by atoms with E-state index in [1.54, 1.807) is 51.8 Å². The maximum Gasteiger partial charge on any atom is 0.317 e. The molecule has 0 spiro atoms. The van der Waals surface area contributed by atoms with Crippen molar-refractivity contribution in [2.24, 2.45) is 11.7 Å². The number of methoxy groups -OCH3 is 2. The summed E-state index contributed by atoms with van der Waals surface area (Å²) in [6.45, 7) is 2.51. The number of aromatic hydroxyl groups is 1. The molecule has 14 N–H and O–H groups in total. The molecule has 0 bridgehead atoms. The zero-order valence-electron chi connectivity index (χ0n) is 52.8. The van der Waals surface area contributed by atoms with E-state index in [1.165, 1.54) is 19.0 Å². The first-order chi connectivity index (χ1) is 46.7. The number of carboxylic acid groups (broad SMARTS) is 1. The van der Waals surface area contributed by atoms with Crippen LogP contribution in [0.15, 0.2) is 116 Å². The Labute approximate surface area is 546 Å². The van der Waals surface area contributed by atoms with Crippen LogP contribution in [0.25, 0.3) is 94.5 Å². The second-order valence-corrected chi connectivity index (χ2v) is 24.2. The zero-order chi connectivity index (χ0) is 66.5. The van der Waals surface area contributed by atoms with E-state index < -0.39 is 5.97 Å². The highest BCUT2D eigenvalue weighted by Gasteiger charge is 2.34. The number of carbonyl (C=O) groups is 3. The van der Waals surface area contributed by atoms with Gasteiger partial charge in [-0.1, -0.05) is 54.6 Å². The molecule has 9 aromatic heterocycles. The number of anilines is 3. The van der Waals surface area contributed by atoms with Gasteiger partial charge < -0.3 is 72.7 Å². The number of likely N-dealkylation sites (tertiary alicyclic amines) is 2. The number of nitrogens with zero attached hydrogens (tertiary/aromatic N) is 14. The molecule has 0 atom stereocenters. The zero-order valence-corrected chi connectivity index (χ0v) is 52.8. The molecule has 16 rings (SSSR count). The Morgan fingerprint density at radius 1 is 0.531 bits per heavy atom. The Balaban J connectivity index is 0.000000124. The minimum absolute atomic E-state index is 0.0503. The first-order valence-electron chi connectivity index (χ1n) is 31.6. The topological polar surface area (TPSA) is 409 Å². The predicted octanol–water partition coefficient (Wildman–Crippen LogP) is 9.09. The van der Waals surface area contributed by atoms with E-state index in [1.807, 2.05) is 89.8 Å². The number of carboxylic acids is 1. The summed E-state index contributed by atoms with van der Waals surface area (Å²) in [6.07, 6.45) is 10.1. The highest BCUT2D eigenvalue weighted by Crippen LogP contribution is 2.42. The minimum Gasteiger partial charge on any atom is -0.508 e. The highest BCUT2D eigenvalue weighted by molar-refractivity contribution is 5.99. The van der Waals surface area contributed by atoms with Crippen molar-refractivity contribution in [2.45, 2.75) is 69.1 Å². The number of hydrogen-bond donors (Lipinski definition) is 10. The van der Waals surface area contributed by atoms with E-state index >= 15 is 0 Å². The molecule has 2 aliphatic heterocycles. The van der Waals surface area contributed by atoms with E-state index in [4.69, 9.17) is 47.4 Å². The van der Waals surface area contributed by atoms with Gasteiger partial charge in [0.05, 0.1) is 53.8 Å². The van der Waals surface area contributed by atoms with Gasteiger partial charge in [0.15, 0.2) is 17.5 Å². The standard InChI is InChI=1S/C26H24N6O3.C21H24N8O2.C20H22N8O2/c27-24-23-22(31-25(32(23)29-13-28-24)15-4-6-16(7-5-15)26(34)35)20-12-17-2-1-3-19(21(17)30-20)14-8-10-18(33)11-9-14;1-23-21(30)28-8-6-12(7-9-28)20-27-17(18-19(22)24-11-25-29(18)20)14-10-13-4-3-5-15(31-2)16(13)26-14;1-30-14-4-2-3-12-9-13(25-15(12)14)16-17-18(21)23-10-24-28(17)19(26-16)11-5-7-27(8-6-11)20(22)29/h1-3,8-13,15-16,30,33H,4-7H2,(H,34,35)(H2,27,28,29);3-5,10-12,26H,6-9H2,1-2H3,(H,23,30)(H2,22,24,25);2-4,9-11,25H,5-8H2,1H3,(H2,22,29)(H2,21,23,24). The second-order valence-electron chi connectivity index (χ2n) is 24.2. The molecule has 490 valence electrons. The second kappa shape index (κ2) is 25.5. The number of primary amides is 1. The van der Waals surface area contributed by atoms with Gasteiger partial charge in [0.2, 0.25) is 0 Å². The van der Waals surface area contributed by atoms with Crippen LogP contribution in [0.4, 0.5) is 27.0 Å². The van der Waals surface area contributed by atoms with Crippen LogP contribution in [0.1, 0.15) is 86.6 Å². The molecule has 4 amide bonds. The largest absolute Gasteiger partial charge is 0.508 e. The number of imidazole rings is 3. The van der Waals surface area contributed by atoms with E-state index in [2.05, 4.69) is 50.5 Å². The minimum atomic E-state index is -0.730. The summed E-state index contributed by atoms with van der Waals surface area (Å²) >= 11 is 0. The number of benzene rings is 4. The van der Waals surface area contributed by atoms with Crippen molar-refractivity contribution in [3.63, 3.8) is 0 Å². The smallest absolute Gasteiger partial charge is 0.317 e. The summed E-state index contributed by atoms with van der Waals surface area (Å²) in [6, 6.07) is 30.6. The van der Waals surface area contributed by atoms with Gasteiger partial charge in [-0.25, -0.2) is 53.0 Å². The Hall–Kier alpha value is -12.0. The molecule has 29 nitrogen and oxygen atoms in total. The number of piperidine rings is 2. The van der Waals surface area contributed by atoms with Crippen molar-refractivity contribution >= 4 is 84.7 Å². The lowest BCUT2D eigenvalue weighted by Crippen LogP contribution is -2.42. The summed E-state index contributed by atoms with van der Waals surface area (Å²) < 4.78 is 16.3. The number of hydrogen-bond acceptors (Lipinski definition) is 18. The lowest BCUT2D eigenvalue weighted by atomic mass is 9.82. The van der Waals surface area contributed by atoms with Crippen molar-refractivity contribution in [1.82, 2.24) is 88.8 Å². The summed E-state index contributed by atoms with van der Waals surface area (Å²) in [5.74, 6) is 4.59. The van der Waals surface area contributed by atoms with E-state index in [0.29, 0.717) is 90.1 Å². The predicted molar refractivity (Wildman–Crippen MR) is 361 cm³/mol. The van der Waals surface area contributed by atoms with Crippen LogP contribution >= 0.6 is 0 Å². The molecule has 96 heavy (non-hydrogen) atoms. The molecule has 0 unspecified atom stereocenters. The fraction of sp³-hybridized carbons (Fsp3) is 0.284. The molecule has 1 aliphatic carbocycles. The first-order valence-corrected chi connectivity index (χ1v) is 31.6. The maximum absolute atomic E-state index is 11.9. The van der Waals surface area contributed by atoms with Crippen molar-refractivity contribution in [1.29, 1.82) is 0 Å². The van der Waals surface area contributed by atoms with Crippen molar-refractivity contribution in [3.8, 4) is 62.5 Å². The Morgan fingerprint density at radius 2 is 0.927 bits per heavy atom. The summed E-state index contributed by atoms with van der Waals surface area (Å²) in [7, 11) is 4.94. The molecule has 4 aromatic carbocycles. The molecule has 2 saturated heterocycles. The van der Waals surface area contributed by atoms with E-state index in [0.717, 1.165) is 128 Å². The SMILES string of the molecule is CNC(=O)N1CCC(c2nc(-c3cc4cccc(OC)c4[nH]3)c3c(N)ncnn23)CC1.COc1cccc2cc(-c3nc(C4CCN(C(N)=O)CC4)n4ncnc(N)c34)[nH]c12.Nc1ncnn2c(C3CCC(C(=O)O)CC3)nc(-c3cc4cccc(-c5ccc(O)cc5)c4[nH]3)c12. The third-order valence-corrected chi connectivity index (χ3v) is 18.7. The van der Waals surface area contributed by atoms with Gasteiger partial charge >= 0.3 is 18.0 Å². The number of ether oxygens (including phenoxy) is 2. The number of amides is 4. The normalized spacial score (nSPS) is 16.2. The molecule has 0 radical (unpaired) electrons. The highest BCUT2D eigenvalue weighted by atomic mass is 16.5. The quantitative estimate of drug-likeness (QED) is 0.0610. The van der Waals surface area contributed by atoms with Crippen LogP contribution in [0.3, 0.4) is 0 Å². The van der Waals surface area contributed by atoms with Crippen molar-refractivity contribution in [3.05, 3.63) is 134 Å². The number of aromatic nitrogens is 15. The lowest BCUT2D eigenvalue weighted by Gasteiger charge is -2.30. The number of phenolic OH excluding ortho intramolecular Hbond substituents is 1. The average molecular weight is 1300 g/mol. The number of carbonyl (C=O) groups excluding carboxylic acids is 2. The number of aliphatic carboxylic acids is 1. The van der Waals surface area contributed by atoms with Crippen LogP contribution < -0.4 is 37.7 Å². The molecule has 1 saturated carbocycles. The van der Waals surface area contributed by atoms with Gasteiger partial charge in [0.25, 0.3) is 0 Å². The number of para-hydroxylation sites is 3. The van der Waals surface area contributed by atoms with Gasteiger partial charge in [0, 0.05) is 72.7 Å². The maximum atomic E-state index is 11.9. The van der Waals surface area contributed by atoms with Crippen LogP contribution in [-0.2, 0) is 4.79 Å². The van der Waals surface area contributed by atoms with Gasteiger partial charge in [-0.3, -0.25) is 4.79 Å². The lowest BCUT2D eigenvalue weighted by molar-refractivity contribution is -0.142. The van der Waals surface area contributed by atoms with Crippen molar-refractivity contribution in [2.75, 3.05) is 64.6 Å². The van der Waals surface area contributed by atoms with Gasteiger partial charge in [-0.15, -0.1) is 0 Å². The molecule has 11 heterocycles. The fourth-order valence-electron chi connectivity index (χ4n) is 13.8. The van der Waals surface area contributed by atoms with Gasteiger partial charge in [-0.2, -0.15) is 15.3 Å². The molecule has 3 fully saturated rings. The molecule has 13 aromatic rings. The van der Waals surface area contributed by atoms with Crippen LogP contribution in [0, 0.1) is 5.92 Å². The number of phenols is 1. The van der Waals surface area contributed by atoms with Gasteiger partial charge in [0.1, 0.15) is 87.3 Å². The summed E-state index contributed by atoms with van der Waals surface area (Å²) in [5, 5.41) is 38.1. The molecule has 29 heteroatoms. The number of fused-ring (bicyclic) bond motifs is 6.